The first-order valence-corrected chi connectivity index (χ1v) is 7.40. The lowest BCUT2D eigenvalue weighted by Crippen LogP contribution is -2.38. The summed E-state index contributed by atoms with van der Waals surface area (Å²) in [5.41, 5.74) is 0.0967. The number of ether oxygens (including phenoxy) is 2. The zero-order valence-electron chi connectivity index (χ0n) is 13.7. The van der Waals surface area contributed by atoms with Gasteiger partial charge in [-0.2, -0.15) is 0 Å². The standard InChI is InChI=1S/C16H22N2O5/c1-16(2,3)23-15(21)18-8-11(12(9-18)14(19)20)10-5-6-13(22-4)17-7-10/h5-7,11-12H,8-9H2,1-4H3,(H,19,20)/p-1/t11-,12+/m0/s1. The van der Waals surface area contributed by atoms with Crippen LogP contribution in [0.2, 0.25) is 0 Å². The Kier molecular flexibility index (Phi) is 4.77. The van der Waals surface area contributed by atoms with Crippen molar-refractivity contribution in [3.8, 4) is 5.88 Å². The Labute approximate surface area is 135 Å². The molecule has 1 saturated heterocycles. The molecule has 0 bridgehead atoms. The number of hydrogen-bond acceptors (Lipinski definition) is 6. The number of rotatable bonds is 3. The van der Waals surface area contributed by atoms with Gasteiger partial charge in [0.2, 0.25) is 5.88 Å². The molecule has 1 aromatic heterocycles. The van der Waals surface area contributed by atoms with E-state index in [1.807, 2.05) is 0 Å². The number of carboxylic acid groups (broad SMARTS) is 1. The van der Waals surface area contributed by atoms with Crippen molar-refractivity contribution in [2.75, 3.05) is 20.2 Å². The molecule has 0 unspecified atom stereocenters. The first-order chi connectivity index (χ1) is 10.7. The number of carboxylic acids is 1. The molecule has 0 saturated carbocycles. The van der Waals surface area contributed by atoms with Crippen molar-refractivity contribution in [3.05, 3.63) is 23.9 Å². The predicted octanol–water partition coefficient (Wildman–Crippen LogP) is 0.791. The Morgan fingerprint density at radius 1 is 1.30 bits per heavy atom. The fourth-order valence-electron chi connectivity index (χ4n) is 2.59. The Morgan fingerprint density at radius 2 is 2.00 bits per heavy atom. The van der Waals surface area contributed by atoms with Crippen molar-refractivity contribution in [3.63, 3.8) is 0 Å². The summed E-state index contributed by atoms with van der Waals surface area (Å²) >= 11 is 0. The van der Waals surface area contributed by atoms with E-state index in [1.54, 1.807) is 39.1 Å². The highest BCUT2D eigenvalue weighted by Gasteiger charge is 2.38. The van der Waals surface area contributed by atoms with Crippen LogP contribution in [0.1, 0.15) is 32.3 Å². The average Bonchev–Trinajstić information content (AvgIpc) is 2.91. The summed E-state index contributed by atoms with van der Waals surface area (Å²) in [5, 5.41) is 11.4. The van der Waals surface area contributed by atoms with Gasteiger partial charge in [-0.15, -0.1) is 0 Å². The van der Waals surface area contributed by atoms with Gasteiger partial charge >= 0.3 is 6.09 Å². The summed E-state index contributed by atoms with van der Waals surface area (Å²) in [6.07, 6.45) is 1.05. The average molecular weight is 321 g/mol. The van der Waals surface area contributed by atoms with Crippen molar-refractivity contribution in [1.29, 1.82) is 0 Å². The minimum Gasteiger partial charge on any atom is -0.550 e. The van der Waals surface area contributed by atoms with Crippen molar-refractivity contribution in [2.24, 2.45) is 5.92 Å². The lowest BCUT2D eigenvalue weighted by molar-refractivity contribution is -0.311. The summed E-state index contributed by atoms with van der Waals surface area (Å²) in [4.78, 5) is 29.1. The number of likely N-dealkylation sites (tertiary alicyclic amines) is 1. The lowest BCUT2D eigenvalue weighted by Gasteiger charge is -2.24. The van der Waals surface area contributed by atoms with Crippen LogP contribution in [0.3, 0.4) is 0 Å². The Hall–Kier alpha value is -2.31. The van der Waals surface area contributed by atoms with E-state index in [1.165, 1.54) is 12.0 Å². The minimum absolute atomic E-state index is 0.0634. The van der Waals surface area contributed by atoms with Crippen LogP contribution in [-0.2, 0) is 9.53 Å². The van der Waals surface area contributed by atoms with Crippen LogP contribution < -0.4 is 9.84 Å². The Bertz CT molecular complexity index is 579. The summed E-state index contributed by atoms with van der Waals surface area (Å²) in [6.45, 7) is 5.61. The molecule has 2 heterocycles. The molecule has 0 radical (unpaired) electrons. The second-order valence-corrected chi connectivity index (χ2v) is 6.55. The fraction of sp³-hybridized carbons (Fsp3) is 0.562. The number of nitrogens with zero attached hydrogens (tertiary/aromatic N) is 2. The van der Waals surface area contributed by atoms with Crippen molar-refractivity contribution in [2.45, 2.75) is 32.3 Å². The summed E-state index contributed by atoms with van der Waals surface area (Å²) in [5.74, 6) is -1.92. The van der Waals surface area contributed by atoms with Gasteiger partial charge in [0.1, 0.15) is 5.60 Å². The quantitative estimate of drug-likeness (QED) is 0.817. The van der Waals surface area contributed by atoms with Gasteiger partial charge in [0.05, 0.1) is 7.11 Å². The second kappa shape index (κ2) is 6.44. The Morgan fingerprint density at radius 3 is 2.48 bits per heavy atom. The maximum atomic E-state index is 12.2. The van der Waals surface area contributed by atoms with E-state index < -0.39 is 23.6 Å². The van der Waals surface area contributed by atoms with E-state index in [0.29, 0.717) is 5.88 Å². The van der Waals surface area contributed by atoms with Gasteiger partial charge in [-0.25, -0.2) is 9.78 Å². The highest BCUT2D eigenvalue weighted by Crippen LogP contribution is 2.33. The summed E-state index contributed by atoms with van der Waals surface area (Å²) in [6, 6.07) is 3.42. The highest BCUT2D eigenvalue weighted by molar-refractivity contribution is 5.74. The molecule has 2 rings (SSSR count). The number of amides is 1. The molecule has 7 heteroatoms. The van der Waals surface area contributed by atoms with E-state index in [0.717, 1.165) is 5.56 Å². The molecule has 0 aromatic carbocycles. The van der Waals surface area contributed by atoms with Crippen LogP contribution in [-0.4, -0.2) is 47.7 Å². The third kappa shape index (κ3) is 4.12. The molecular formula is C16H21N2O5-. The number of carbonyl (C=O) groups is 2. The lowest BCUT2D eigenvalue weighted by atomic mass is 9.90. The topological polar surface area (TPSA) is 91.8 Å². The maximum Gasteiger partial charge on any atom is 0.410 e. The first-order valence-electron chi connectivity index (χ1n) is 7.40. The first kappa shape index (κ1) is 17.1. The second-order valence-electron chi connectivity index (χ2n) is 6.55. The number of aromatic nitrogens is 1. The molecule has 0 spiro atoms. The fourth-order valence-corrected chi connectivity index (χ4v) is 2.59. The van der Waals surface area contributed by atoms with E-state index >= 15 is 0 Å². The third-order valence-electron chi connectivity index (χ3n) is 3.67. The zero-order chi connectivity index (χ0) is 17.2. The van der Waals surface area contributed by atoms with Gasteiger partial charge in [0, 0.05) is 43.2 Å². The zero-order valence-corrected chi connectivity index (χ0v) is 13.7. The van der Waals surface area contributed by atoms with Crippen molar-refractivity contribution < 1.29 is 24.2 Å². The highest BCUT2D eigenvalue weighted by atomic mass is 16.6. The monoisotopic (exact) mass is 321 g/mol. The molecule has 7 nitrogen and oxygen atoms in total. The van der Waals surface area contributed by atoms with Gasteiger partial charge < -0.3 is 24.3 Å². The minimum atomic E-state index is -1.18. The summed E-state index contributed by atoms with van der Waals surface area (Å²) < 4.78 is 10.3. The molecule has 1 aromatic rings. The molecule has 0 aliphatic carbocycles. The van der Waals surface area contributed by atoms with E-state index in [9.17, 15) is 14.7 Å². The largest absolute Gasteiger partial charge is 0.550 e. The molecular weight excluding hydrogens is 300 g/mol. The molecule has 0 N–H and O–H groups in total. The number of aliphatic carboxylic acids is 1. The third-order valence-corrected chi connectivity index (χ3v) is 3.67. The molecule has 126 valence electrons. The van der Waals surface area contributed by atoms with Crippen LogP contribution >= 0.6 is 0 Å². The number of carbonyl (C=O) groups excluding carboxylic acids is 2. The molecule has 1 fully saturated rings. The number of methoxy groups -OCH3 is 1. The molecule has 1 aliphatic heterocycles. The van der Waals surface area contributed by atoms with Crippen LogP contribution in [0.15, 0.2) is 18.3 Å². The van der Waals surface area contributed by atoms with Crippen molar-refractivity contribution >= 4 is 12.1 Å². The van der Waals surface area contributed by atoms with E-state index in [2.05, 4.69) is 4.98 Å². The maximum absolute atomic E-state index is 12.2. The van der Waals surface area contributed by atoms with Gasteiger partial charge in [0.15, 0.2) is 0 Å². The van der Waals surface area contributed by atoms with Gasteiger partial charge in [0.25, 0.3) is 0 Å². The number of pyridine rings is 1. The van der Waals surface area contributed by atoms with Crippen molar-refractivity contribution in [1.82, 2.24) is 9.88 Å². The molecule has 23 heavy (non-hydrogen) atoms. The number of hydrogen-bond donors (Lipinski definition) is 0. The van der Waals surface area contributed by atoms with Crippen LogP contribution in [0.5, 0.6) is 5.88 Å². The molecule has 1 amide bonds. The van der Waals surface area contributed by atoms with E-state index in [4.69, 9.17) is 9.47 Å². The smallest absolute Gasteiger partial charge is 0.410 e. The molecule has 1 aliphatic rings. The normalized spacial score (nSPS) is 21.1. The van der Waals surface area contributed by atoms with Crippen LogP contribution in [0.25, 0.3) is 0 Å². The van der Waals surface area contributed by atoms with Gasteiger partial charge in [-0.05, 0) is 26.3 Å². The SMILES string of the molecule is COc1ccc([C@@H]2CN(C(=O)OC(C)(C)C)C[C@H]2C(=O)[O-])cn1. The van der Waals surface area contributed by atoms with Crippen LogP contribution in [0, 0.1) is 5.92 Å². The van der Waals surface area contributed by atoms with Gasteiger partial charge in [-0.3, -0.25) is 0 Å². The van der Waals surface area contributed by atoms with Crippen LogP contribution in [0.4, 0.5) is 4.79 Å². The van der Waals surface area contributed by atoms with Gasteiger partial charge in [-0.1, -0.05) is 6.07 Å². The van der Waals surface area contributed by atoms with E-state index in [-0.39, 0.29) is 19.0 Å². The predicted molar refractivity (Wildman–Crippen MR) is 79.8 cm³/mol. The summed E-state index contributed by atoms with van der Waals surface area (Å²) in [7, 11) is 1.51. The molecule has 2 atom stereocenters. The Balaban J connectivity index is 2.17.